The number of para-hydroxylation sites is 1. The first-order valence-electron chi connectivity index (χ1n) is 6.69. The van der Waals surface area contributed by atoms with Crippen molar-refractivity contribution in [2.45, 2.75) is 20.3 Å². The maximum atomic E-state index is 12.2. The van der Waals surface area contributed by atoms with Gasteiger partial charge in [0.2, 0.25) is 5.91 Å². The number of hydrogen-bond acceptors (Lipinski definition) is 2. The van der Waals surface area contributed by atoms with E-state index in [1.807, 2.05) is 30.3 Å². The minimum Gasteiger partial charge on any atom is -0.381 e. The fraction of sp³-hybridized carbons (Fsp3) is 0.438. The molecule has 0 N–H and O–H groups in total. The lowest BCUT2D eigenvalue weighted by molar-refractivity contribution is -0.119. The quantitative estimate of drug-likeness (QED) is 0.531. The number of hydrogen-bond donors (Lipinski definition) is 0. The third kappa shape index (κ3) is 5.71. The van der Waals surface area contributed by atoms with Gasteiger partial charge in [-0.25, -0.2) is 0 Å². The lowest BCUT2D eigenvalue weighted by atomic mass is 10.2. The Kier molecular flexibility index (Phi) is 6.90. The molecule has 0 fully saturated rings. The van der Waals surface area contributed by atoms with Crippen LogP contribution in [0, 0.1) is 5.92 Å². The second-order valence-corrected chi connectivity index (χ2v) is 4.85. The maximum absolute atomic E-state index is 12.2. The Balaban J connectivity index is 2.52. The van der Waals surface area contributed by atoms with Crippen molar-refractivity contribution in [1.29, 1.82) is 0 Å². The van der Waals surface area contributed by atoms with E-state index in [2.05, 4.69) is 20.4 Å². The van der Waals surface area contributed by atoms with Crippen molar-refractivity contribution in [2.24, 2.45) is 5.92 Å². The van der Waals surface area contributed by atoms with Gasteiger partial charge in [-0.1, -0.05) is 38.1 Å². The summed E-state index contributed by atoms with van der Waals surface area (Å²) >= 11 is 0. The Bertz CT molecular complexity index is 387. The van der Waals surface area contributed by atoms with Crippen LogP contribution in [0.25, 0.3) is 0 Å². The maximum Gasteiger partial charge on any atom is 0.229 e. The number of amides is 1. The van der Waals surface area contributed by atoms with Crippen molar-refractivity contribution in [2.75, 3.05) is 24.7 Å². The molecule has 1 rings (SSSR count). The van der Waals surface area contributed by atoms with Crippen LogP contribution < -0.4 is 4.90 Å². The van der Waals surface area contributed by atoms with Gasteiger partial charge in [-0.2, -0.15) is 0 Å². The van der Waals surface area contributed by atoms with Crippen LogP contribution in [-0.2, 0) is 9.53 Å². The standard InChI is InChI=1S/C16H23NO2/c1-4-11-17(15-8-6-5-7-9-15)16(18)10-12-19-13-14(2)3/h4-9,14H,1,10-13H2,2-3H3. The average Bonchev–Trinajstić information content (AvgIpc) is 2.41. The zero-order valence-corrected chi connectivity index (χ0v) is 11.8. The van der Waals surface area contributed by atoms with Crippen LogP contribution in [0.5, 0.6) is 0 Å². The summed E-state index contributed by atoms with van der Waals surface area (Å²) < 4.78 is 5.46. The van der Waals surface area contributed by atoms with Crippen LogP contribution in [0.15, 0.2) is 43.0 Å². The van der Waals surface area contributed by atoms with Crippen LogP contribution >= 0.6 is 0 Å². The number of carbonyl (C=O) groups excluding carboxylic acids is 1. The molecule has 0 spiro atoms. The van der Waals surface area contributed by atoms with Crippen LogP contribution in [0.3, 0.4) is 0 Å². The highest BCUT2D eigenvalue weighted by molar-refractivity contribution is 5.93. The van der Waals surface area contributed by atoms with Gasteiger partial charge < -0.3 is 9.64 Å². The van der Waals surface area contributed by atoms with Gasteiger partial charge in [-0.05, 0) is 18.1 Å². The topological polar surface area (TPSA) is 29.5 Å². The summed E-state index contributed by atoms with van der Waals surface area (Å²) in [4.78, 5) is 13.9. The third-order valence-corrected chi connectivity index (χ3v) is 2.59. The van der Waals surface area contributed by atoms with Crippen molar-refractivity contribution in [1.82, 2.24) is 0 Å². The molecule has 3 heteroatoms. The van der Waals surface area contributed by atoms with E-state index in [0.29, 0.717) is 32.1 Å². The molecule has 19 heavy (non-hydrogen) atoms. The van der Waals surface area contributed by atoms with E-state index in [1.165, 1.54) is 0 Å². The summed E-state index contributed by atoms with van der Waals surface area (Å²) in [7, 11) is 0. The highest BCUT2D eigenvalue weighted by Crippen LogP contribution is 2.14. The number of benzene rings is 1. The number of ether oxygens (including phenoxy) is 1. The van der Waals surface area contributed by atoms with Crippen molar-refractivity contribution in [3.8, 4) is 0 Å². The molecule has 3 nitrogen and oxygen atoms in total. The highest BCUT2D eigenvalue weighted by Gasteiger charge is 2.13. The summed E-state index contributed by atoms with van der Waals surface area (Å²) in [5.41, 5.74) is 0.899. The van der Waals surface area contributed by atoms with Gasteiger partial charge in [0.15, 0.2) is 0 Å². The molecular formula is C16H23NO2. The van der Waals surface area contributed by atoms with Gasteiger partial charge >= 0.3 is 0 Å². The van der Waals surface area contributed by atoms with Crippen molar-refractivity contribution in [3.05, 3.63) is 43.0 Å². The van der Waals surface area contributed by atoms with E-state index in [4.69, 9.17) is 4.74 Å². The van der Waals surface area contributed by atoms with Gasteiger partial charge in [-0.15, -0.1) is 6.58 Å². The van der Waals surface area contributed by atoms with Gasteiger partial charge in [0.1, 0.15) is 0 Å². The average molecular weight is 261 g/mol. The largest absolute Gasteiger partial charge is 0.381 e. The number of nitrogens with zero attached hydrogens (tertiary/aromatic N) is 1. The Morgan fingerprint density at radius 1 is 1.37 bits per heavy atom. The SMILES string of the molecule is C=CCN(C(=O)CCOCC(C)C)c1ccccc1. The lowest BCUT2D eigenvalue weighted by Gasteiger charge is -2.21. The van der Waals surface area contributed by atoms with Crippen molar-refractivity contribution >= 4 is 11.6 Å². The summed E-state index contributed by atoms with van der Waals surface area (Å²) in [6, 6.07) is 9.64. The predicted molar refractivity (Wildman–Crippen MR) is 79.3 cm³/mol. The number of carbonyl (C=O) groups is 1. The molecule has 104 valence electrons. The monoisotopic (exact) mass is 261 g/mol. The molecule has 0 saturated carbocycles. The summed E-state index contributed by atoms with van der Waals surface area (Å²) in [5.74, 6) is 0.559. The molecule has 1 aromatic carbocycles. The van der Waals surface area contributed by atoms with Crippen LogP contribution in [-0.4, -0.2) is 25.7 Å². The van der Waals surface area contributed by atoms with Gasteiger partial charge in [0.05, 0.1) is 13.0 Å². The summed E-state index contributed by atoms with van der Waals surface area (Å²) in [5, 5.41) is 0. The minimum absolute atomic E-state index is 0.0647. The van der Waals surface area contributed by atoms with Crippen molar-refractivity contribution in [3.63, 3.8) is 0 Å². The number of anilines is 1. The first-order valence-corrected chi connectivity index (χ1v) is 6.69. The zero-order valence-electron chi connectivity index (χ0n) is 11.8. The van der Waals surface area contributed by atoms with Crippen LogP contribution in [0.1, 0.15) is 20.3 Å². The molecule has 0 bridgehead atoms. The smallest absolute Gasteiger partial charge is 0.229 e. The van der Waals surface area contributed by atoms with Crippen LogP contribution in [0.2, 0.25) is 0 Å². The molecule has 0 atom stereocenters. The fourth-order valence-electron chi connectivity index (χ4n) is 1.70. The molecule has 0 radical (unpaired) electrons. The fourth-order valence-corrected chi connectivity index (χ4v) is 1.70. The number of rotatable bonds is 8. The molecule has 0 aliphatic carbocycles. The van der Waals surface area contributed by atoms with E-state index in [9.17, 15) is 4.79 Å². The minimum atomic E-state index is 0.0647. The lowest BCUT2D eigenvalue weighted by Crippen LogP contribution is -2.31. The second-order valence-electron chi connectivity index (χ2n) is 4.85. The third-order valence-electron chi connectivity index (χ3n) is 2.59. The van der Waals surface area contributed by atoms with Gasteiger partial charge in [-0.3, -0.25) is 4.79 Å². The summed E-state index contributed by atoms with van der Waals surface area (Å²) in [6.45, 7) is 9.57. The first kappa shape index (κ1) is 15.4. The van der Waals surface area contributed by atoms with E-state index in [1.54, 1.807) is 11.0 Å². The Labute approximate surface area is 115 Å². The molecule has 0 unspecified atom stereocenters. The summed E-state index contributed by atoms with van der Waals surface area (Å²) in [6.07, 6.45) is 2.13. The van der Waals surface area contributed by atoms with E-state index in [0.717, 1.165) is 5.69 Å². The van der Waals surface area contributed by atoms with Gasteiger partial charge in [0, 0.05) is 18.8 Å². The first-order chi connectivity index (χ1) is 9.15. The molecule has 0 heterocycles. The molecule has 1 aromatic rings. The van der Waals surface area contributed by atoms with E-state index < -0.39 is 0 Å². The van der Waals surface area contributed by atoms with Crippen molar-refractivity contribution < 1.29 is 9.53 Å². The predicted octanol–water partition coefficient (Wildman–Crippen LogP) is 3.27. The zero-order chi connectivity index (χ0) is 14.1. The highest BCUT2D eigenvalue weighted by atomic mass is 16.5. The molecule has 0 aromatic heterocycles. The Morgan fingerprint density at radius 2 is 2.05 bits per heavy atom. The normalized spacial score (nSPS) is 10.5. The molecule has 0 saturated heterocycles. The van der Waals surface area contributed by atoms with E-state index >= 15 is 0 Å². The molecular weight excluding hydrogens is 238 g/mol. The molecule has 1 amide bonds. The van der Waals surface area contributed by atoms with Gasteiger partial charge in [0.25, 0.3) is 0 Å². The van der Waals surface area contributed by atoms with Crippen LogP contribution in [0.4, 0.5) is 5.69 Å². The molecule has 0 aliphatic heterocycles. The Morgan fingerprint density at radius 3 is 2.63 bits per heavy atom. The van der Waals surface area contributed by atoms with E-state index in [-0.39, 0.29) is 5.91 Å². The second kappa shape index (κ2) is 8.48. The Hall–Kier alpha value is -1.61. The molecule has 0 aliphatic rings.